The van der Waals surface area contributed by atoms with E-state index in [4.69, 9.17) is 9.47 Å². The minimum absolute atomic E-state index is 0.0520. The van der Waals surface area contributed by atoms with Gasteiger partial charge in [-0.1, -0.05) is 36.4 Å². The Bertz CT molecular complexity index is 1860. The Morgan fingerprint density at radius 3 is 2.41 bits per heavy atom. The molecule has 2 aliphatic heterocycles. The Balaban J connectivity index is 1.34. The number of fused-ring (bicyclic) bond motifs is 7. The fourth-order valence-electron chi connectivity index (χ4n) is 6.83. The number of aryl methyl sites for hydroxylation is 1. The predicted molar refractivity (Wildman–Crippen MR) is 160 cm³/mol. The topological polar surface area (TPSA) is 72.8 Å². The third-order valence-corrected chi connectivity index (χ3v) is 8.66. The molecule has 0 radical (unpaired) electrons. The minimum Gasteiger partial charge on any atom is -0.493 e. The zero-order valence-electron chi connectivity index (χ0n) is 23.3. The van der Waals surface area contributed by atoms with E-state index in [2.05, 4.69) is 47.1 Å². The predicted octanol–water partition coefficient (Wildman–Crippen LogP) is 6.31. The van der Waals surface area contributed by atoms with Gasteiger partial charge in [0, 0.05) is 46.1 Å². The quantitative estimate of drug-likeness (QED) is 0.281. The molecule has 7 nitrogen and oxygen atoms in total. The van der Waals surface area contributed by atoms with Crippen LogP contribution in [0.2, 0.25) is 0 Å². The molecule has 41 heavy (non-hydrogen) atoms. The molecule has 0 fully saturated rings. The number of hydrogen-bond donors (Lipinski definition) is 1. The lowest BCUT2D eigenvalue weighted by Crippen LogP contribution is -2.49. The first-order valence-electron chi connectivity index (χ1n) is 14.0. The van der Waals surface area contributed by atoms with Crippen molar-refractivity contribution in [3.8, 4) is 11.5 Å². The highest BCUT2D eigenvalue weighted by molar-refractivity contribution is 6.10. The number of carbonyl (C=O) groups excluding carboxylic acids is 2. The first-order valence-corrected chi connectivity index (χ1v) is 14.0. The van der Waals surface area contributed by atoms with Crippen molar-refractivity contribution >= 4 is 39.3 Å². The summed E-state index contributed by atoms with van der Waals surface area (Å²) in [6.45, 7) is 3.52. The van der Waals surface area contributed by atoms with Gasteiger partial charge in [0.25, 0.3) is 5.91 Å². The second kappa shape index (κ2) is 9.70. The van der Waals surface area contributed by atoms with Crippen LogP contribution in [0.25, 0.3) is 21.8 Å². The number of nitrogens with zero attached hydrogens (tertiary/aromatic N) is 2. The van der Waals surface area contributed by atoms with Gasteiger partial charge in [-0.3, -0.25) is 9.59 Å². The van der Waals surface area contributed by atoms with Gasteiger partial charge in [-0.2, -0.15) is 0 Å². The summed E-state index contributed by atoms with van der Waals surface area (Å²) in [6.07, 6.45) is 0.673. The molecule has 7 rings (SSSR count). The van der Waals surface area contributed by atoms with E-state index in [1.54, 1.807) is 14.2 Å². The van der Waals surface area contributed by atoms with Crippen molar-refractivity contribution in [2.45, 2.75) is 31.8 Å². The van der Waals surface area contributed by atoms with Crippen LogP contribution in [-0.4, -0.2) is 42.0 Å². The largest absolute Gasteiger partial charge is 0.493 e. The van der Waals surface area contributed by atoms with Crippen LogP contribution in [0.4, 0.5) is 5.69 Å². The van der Waals surface area contributed by atoms with Crippen LogP contribution in [0.1, 0.15) is 45.9 Å². The molecule has 206 valence electrons. The van der Waals surface area contributed by atoms with E-state index in [0.717, 1.165) is 45.2 Å². The fraction of sp³-hybridized carbons (Fsp3) is 0.235. The van der Waals surface area contributed by atoms with Gasteiger partial charge in [-0.05, 0) is 72.5 Å². The van der Waals surface area contributed by atoms with Crippen LogP contribution in [0.15, 0.2) is 78.9 Å². The van der Waals surface area contributed by atoms with E-state index in [1.807, 2.05) is 53.4 Å². The molecule has 2 atom stereocenters. The molecule has 4 aromatic carbocycles. The highest BCUT2D eigenvalue weighted by atomic mass is 16.5. The summed E-state index contributed by atoms with van der Waals surface area (Å²) in [5.41, 5.74) is 6.32. The lowest BCUT2D eigenvalue weighted by atomic mass is 9.75. The number of carbonyl (C=O) groups is 2. The average molecular weight is 546 g/mol. The van der Waals surface area contributed by atoms with Gasteiger partial charge >= 0.3 is 0 Å². The summed E-state index contributed by atoms with van der Waals surface area (Å²) in [6, 6.07) is 25.4. The summed E-state index contributed by atoms with van der Waals surface area (Å²) in [4.78, 5) is 29.9. The van der Waals surface area contributed by atoms with Gasteiger partial charge in [0.1, 0.15) is 0 Å². The van der Waals surface area contributed by atoms with Crippen molar-refractivity contribution in [2.24, 2.45) is 0 Å². The highest BCUT2D eigenvalue weighted by Gasteiger charge is 2.46. The summed E-state index contributed by atoms with van der Waals surface area (Å²) >= 11 is 0. The number of aromatic nitrogens is 1. The van der Waals surface area contributed by atoms with Crippen molar-refractivity contribution < 1.29 is 19.1 Å². The molecule has 0 saturated carbocycles. The summed E-state index contributed by atoms with van der Waals surface area (Å²) in [5.74, 6) is 0.415. The van der Waals surface area contributed by atoms with Gasteiger partial charge in [-0.25, -0.2) is 0 Å². The van der Waals surface area contributed by atoms with E-state index in [1.165, 1.54) is 5.52 Å². The second-order valence-corrected chi connectivity index (χ2v) is 10.6. The maximum Gasteiger partial charge on any atom is 0.254 e. The molecule has 2 aliphatic rings. The smallest absolute Gasteiger partial charge is 0.254 e. The normalized spacial score (nSPS) is 17.6. The first-order chi connectivity index (χ1) is 20.0. The Morgan fingerprint density at radius 1 is 0.878 bits per heavy atom. The van der Waals surface area contributed by atoms with Crippen LogP contribution in [0.5, 0.6) is 11.5 Å². The molecule has 0 aliphatic carbocycles. The van der Waals surface area contributed by atoms with Gasteiger partial charge in [-0.15, -0.1) is 0 Å². The zero-order valence-corrected chi connectivity index (χ0v) is 23.3. The Kier molecular flexibility index (Phi) is 5.96. The average Bonchev–Trinajstić information content (AvgIpc) is 3.33. The molecule has 1 aromatic heterocycles. The number of rotatable bonds is 5. The number of ether oxygens (including phenoxy) is 2. The molecule has 3 heterocycles. The number of benzene rings is 4. The Hall–Kier alpha value is -4.78. The summed E-state index contributed by atoms with van der Waals surface area (Å²) < 4.78 is 13.5. The molecule has 0 saturated heterocycles. The van der Waals surface area contributed by atoms with Crippen LogP contribution < -0.4 is 14.8 Å². The maximum atomic E-state index is 14.3. The van der Waals surface area contributed by atoms with Crippen molar-refractivity contribution in [3.63, 3.8) is 0 Å². The molecule has 5 aromatic rings. The minimum atomic E-state index is -0.603. The number of nitrogens with one attached hydrogen (secondary N) is 1. The molecule has 0 unspecified atom stereocenters. The molecule has 0 spiro atoms. The van der Waals surface area contributed by atoms with E-state index >= 15 is 0 Å². The van der Waals surface area contributed by atoms with Crippen molar-refractivity contribution in [2.75, 3.05) is 26.1 Å². The lowest BCUT2D eigenvalue weighted by Gasteiger charge is -2.45. The Labute approximate surface area is 238 Å². The number of anilines is 1. The van der Waals surface area contributed by atoms with Crippen LogP contribution in [0.3, 0.4) is 0 Å². The van der Waals surface area contributed by atoms with Crippen molar-refractivity contribution in [3.05, 3.63) is 101 Å². The molecular weight excluding hydrogens is 514 g/mol. The third-order valence-electron chi connectivity index (χ3n) is 8.66. The van der Waals surface area contributed by atoms with Gasteiger partial charge in [0.05, 0.1) is 26.2 Å². The SMILES string of the molecule is CCn1c2ccccc2c2cc(NC(=O)[C@H]3c4ccccc4C(=O)N4CCc5cc(OC)c(OC)cc5[C@@H]34)ccc21. The van der Waals surface area contributed by atoms with E-state index in [0.29, 0.717) is 30.0 Å². The van der Waals surface area contributed by atoms with Crippen molar-refractivity contribution in [1.29, 1.82) is 0 Å². The number of hydrogen-bond acceptors (Lipinski definition) is 4. The lowest BCUT2D eigenvalue weighted by molar-refractivity contribution is -0.119. The molecule has 2 amide bonds. The Morgan fingerprint density at radius 2 is 1.61 bits per heavy atom. The number of para-hydroxylation sites is 1. The second-order valence-electron chi connectivity index (χ2n) is 10.6. The van der Waals surface area contributed by atoms with Gasteiger partial charge < -0.3 is 24.3 Å². The number of amides is 2. The fourth-order valence-corrected chi connectivity index (χ4v) is 6.83. The van der Waals surface area contributed by atoms with E-state index < -0.39 is 12.0 Å². The van der Waals surface area contributed by atoms with Gasteiger partial charge in [0.15, 0.2) is 11.5 Å². The first kappa shape index (κ1) is 25.2. The summed E-state index contributed by atoms with van der Waals surface area (Å²) in [7, 11) is 3.22. The van der Waals surface area contributed by atoms with E-state index in [-0.39, 0.29) is 11.8 Å². The number of methoxy groups -OCH3 is 2. The zero-order chi connectivity index (χ0) is 28.2. The molecule has 7 heteroatoms. The van der Waals surface area contributed by atoms with Crippen LogP contribution in [-0.2, 0) is 17.8 Å². The van der Waals surface area contributed by atoms with Crippen LogP contribution in [0, 0.1) is 0 Å². The highest BCUT2D eigenvalue weighted by Crippen LogP contribution is 2.48. The molecule has 0 bridgehead atoms. The van der Waals surface area contributed by atoms with Gasteiger partial charge in [0.2, 0.25) is 5.91 Å². The summed E-state index contributed by atoms with van der Waals surface area (Å²) in [5, 5.41) is 5.48. The monoisotopic (exact) mass is 545 g/mol. The van der Waals surface area contributed by atoms with Crippen LogP contribution >= 0.6 is 0 Å². The molecule has 1 N–H and O–H groups in total. The standard InChI is InChI=1S/C34H31N3O4/c1-4-36-27-12-8-7-9-22(27)26-18-21(13-14-28(26)36)35-33(38)31-23-10-5-6-11-24(23)34(39)37-16-15-20-17-29(40-2)30(41-3)19-25(20)32(31)37/h5-14,17-19,31-32H,4,15-16H2,1-3H3,(H,35,38)/t31-,32-/m0/s1. The maximum absolute atomic E-state index is 14.3. The third kappa shape index (κ3) is 3.79. The van der Waals surface area contributed by atoms with E-state index in [9.17, 15) is 9.59 Å². The van der Waals surface area contributed by atoms with Crippen molar-refractivity contribution in [1.82, 2.24) is 9.47 Å². The molecular formula is C34H31N3O4.